The minimum absolute atomic E-state index is 0.0205. The van der Waals surface area contributed by atoms with Crippen LogP contribution in [0, 0.1) is 30.6 Å². The highest BCUT2D eigenvalue weighted by molar-refractivity contribution is 6.01. The van der Waals surface area contributed by atoms with E-state index in [0.717, 1.165) is 43.1 Å². The molecule has 0 spiro atoms. The second kappa shape index (κ2) is 12.6. The van der Waals surface area contributed by atoms with Crippen molar-refractivity contribution < 1.29 is 28.3 Å². The molecule has 3 amide bonds. The number of rotatable bonds is 4. The van der Waals surface area contributed by atoms with E-state index < -0.39 is 0 Å². The average Bonchev–Trinajstić information content (AvgIpc) is 3.30. The lowest BCUT2D eigenvalue weighted by Gasteiger charge is -2.51. The first-order chi connectivity index (χ1) is 20.1. The van der Waals surface area contributed by atoms with Crippen LogP contribution in [0.25, 0.3) is 11.0 Å². The van der Waals surface area contributed by atoms with Gasteiger partial charge in [-0.2, -0.15) is 0 Å². The third-order valence-corrected chi connectivity index (χ3v) is 9.77. The Hall–Kier alpha value is -3.23. The Morgan fingerprint density at radius 3 is 2.57 bits per heavy atom. The van der Waals surface area contributed by atoms with Crippen LogP contribution in [0.1, 0.15) is 81.8 Å². The summed E-state index contributed by atoms with van der Waals surface area (Å²) in [5.41, 5.74) is 1.29. The highest BCUT2D eigenvalue weighted by Crippen LogP contribution is 2.41. The van der Waals surface area contributed by atoms with Crippen molar-refractivity contribution in [1.82, 2.24) is 15.1 Å². The largest absolute Gasteiger partial charge is 0.493 e. The maximum absolute atomic E-state index is 13.9. The first kappa shape index (κ1) is 30.2. The van der Waals surface area contributed by atoms with Crippen molar-refractivity contribution in [2.75, 3.05) is 33.9 Å². The fraction of sp³-hybridized carbons (Fsp3) is 0.667. The van der Waals surface area contributed by atoms with E-state index in [1.807, 2.05) is 24.0 Å². The molecule has 3 saturated heterocycles. The Labute approximate surface area is 249 Å². The summed E-state index contributed by atoms with van der Waals surface area (Å²) in [6, 6.07) is 3.88. The Bertz CT molecular complexity index is 1320. The number of nitrogens with zero attached hydrogens (tertiary/aromatic N) is 2. The van der Waals surface area contributed by atoms with Gasteiger partial charge in [0.1, 0.15) is 0 Å². The maximum atomic E-state index is 13.9. The summed E-state index contributed by atoms with van der Waals surface area (Å²) in [4.78, 5) is 44.5. The predicted octanol–water partition coefficient (Wildman–Crippen LogP) is 5.18. The summed E-state index contributed by atoms with van der Waals surface area (Å²) >= 11 is 0. The number of fused-ring (bicyclic) bond motifs is 5. The molecule has 230 valence electrons. The SMILES string of the molecule is COc1ccc2c(C)c(C(=O)N3C[C@@H]4C[C@H](C3)[C@@H]3CCCC(=O)N[C@H](C(C)C)CC[C@@H](C)CC(=O)N3C4)oc2c1OC. The number of piperidine rings is 2. The molecule has 9 heteroatoms. The molecule has 42 heavy (non-hydrogen) atoms. The summed E-state index contributed by atoms with van der Waals surface area (Å²) < 4.78 is 17.2. The van der Waals surface area contributed by atoms with Crippen LogP contribution < -0.4 is 14.8 Å². The molecular formula is C33H47N3O6. The first-order valence-electron chi connectivity index (χ1n) is 15.6. The molecular weight excluding hydrogens is 534 g/mol. The number of carbonyl (C=O) groups is 3. The zero-order chi connectivity index (χ0) is 30.1. The van der Waals surface area contributed by atoms with Crippen molar-refractivity contribution in [3.8, 4) is 11.5 Å². The molecule has 0 saturated carbocycles. The van der Waals surface area contributed by atoms with E-state index >= 15 is 0 Å². The van der Waals surface area contributed by atoms with Gasteiger partial charge in [0.05, 0.1) is 14.2 Å². The number of methoxy groups -OCH3 is 2. The molecule has 1 N–H and O–H groups in total. The first-order valence-corrected chi connectivity index (χ1v) is 15.6. The number of benzene rings is 1. The Kier molecular flexibility index (Phi) is 9.04. The molecule has 0 radical (unpaired) electrons. The molecule has 0 unspecified atom stereocenters. The molecule has 5 atom stereocenters. The standard InChI is InChI=1S/C33H47N3O6/c1-19(2)25-12-10-20(3)14-29(38)36-17-22-15-23(26(36)8-7-9-28(37)34-25)18-35(16-22)33(39)30-21(4)24-11-13-27(40-5)32(41-6)31(24)42-30/h11,13,19-20,22-23,25-26H,7-10,12,14-18H2,1-6H3,(H,34,37)/t20-,22+,23-,25+,26+/m1/s1. The number of ether oxygens (including phenoxy) is 2. The fourth-order valence-corrected chi connectivity index (χ4v) is 7.42. The monoisotopic (exact) mass is 581 g/mol. The van der Waals surface area contributed by atoms with Crippen molar-refractivity contribution >= 4 is 28.7 Å². The zero-order valence-electron chi connectivity index (χ0n) is 26.0. The smallest absolute Gasteiger partial charge is 0.289 e. The van der Waals surface area contributed by atoms with Crippen molar-refractivity contribution in [2.24, 2.45) is 23.7 Å². The van der Waals surface area contributed by atoms with Gasteiger partial charge in [-0.3, -0.25) is 14.4 Å². The molecule has 4 heterocycles. The van der Waals surface area contributed by atoms with E-state index in [0.29, 0.717) is 61.2 Å². The molecule has 0 aliphatic carbocycles. The Morgan fingerprint density at radius 2 is 1.86 bits per heavy atom. The highest BCUT2D eigenvalue weighted by Gasteiger charge is 2.44. The molecule has 1 aromatic heterocycles. The van der Waals surface area contributed by atoms with E-state index in [2.05, 4.69) is 31.0 Å². The van der Waals surface area contributed by atoms with Crippen LogP contribution in [0.4, 0.5) is 0 Å². The fourth-order valence-electron chi connectivity index (χ4n) is 7.42. The lowest BCUT2D eigenvalue weighted by molar-refractivity contribution is -0.141. The van der Waals surface area contributed by atoms with Gasteiger partial charge in [-0.15, -0.1) is 0 Å². The van der Waals surface area contributed by atoms with Crippen molar-refractivity contribution in [2.45, 2.75) is 84.7 Å². The van der Waals surface area contributed by atoms with E-state index in [9.17, 15) is 14.4 Å². The van der Waals surface area contributed by atoms with E-state index in [1.165, 1.54) is 0 Å². The predicted molar refractivity (Wildman–Crippen MR) is 161 cm³/mol. The number of carbonyl (C=O) groups excluding carboxylic acids is 3. The van der Waals surface area contributed by atoms with Gasteiger partial charge in [0.15, 0.2) is 17.1 Å². The van der Waals surface area contributed by atoms with Crippen LogP contribution in [0.2, 0.25) is 0 Å². The molecule has 9 nitrogen and oxygen atoms in total. The topological polar surface area (TPSA) is 101 Å². The minimum Gasteiger partial charge on any atom is -0.493 e. The zero-order valence-corrected chi connectivity index (χ0v) is 26.0. The Morgan fingerprint density at radius 1 is 1.07 bits per heavy atom. The summed E-state index contributed by atoms with van der Waals surface area (Å²) in [5.74, 6) is 2.53. The number of amides is 3. The van der Waals surface area contributed by atoms with Gasteiger partial charge in [-0.25, -0.2) is 0 Å². The van der Waals surface area contributed by atoms with E-state index in [4.69, 9.17) is 13.9 Å². The number of furan rings is 1. The van der Waals surface area contributed by atoms with Crippen molar-refractivity contribution in [3.05, 3.63) is 23.5 Å². The van der Waals surface area contributed by atoms with Crippen molar-refractivity contribution in [1.29, 1.82) is 0 Å². The van der Waals surface area contributed by atoms with Gasteiger partial charge >= 0.3 is 0 Å². The van der Waals surface area contributed by atoms with Gasteiger partial charge in [0.2, 0.25) is 17.6 Å². The molecule has 1 aromatic carbocycles. The molecule has 2 bridgehead atoms. The quantitative estimate of drug-likeness (QED) is 0.534. The number of hydrogen-bond donors (Lipinski definition) is 1. The Balaban J connectivity index is 1.37. The number of nitrogens with one attached hydrogen (secondary N) is 1. The van der Waals surface area contributed by atoms with E-state index in [-0.39, 0.29) is 47.6 Å². The van der Waals surface area contributed by atoms with Crippen LogP contribution in [0.15, 0.2) is 16.5 Å². The number of aryl methyl sites for hydroxylation is 1. The third kappa shape index (κ3) is 5.97. The molecule has 2 aromatic rings. The maximum Gasteiger partial charge on any atom is 0.289 e. The van der Waals surface area contributed by atoms with Crippen LogP contribution in [0.3, 0.4) is 0 Å². The van der Waals surface area contributed by atoms with Crippen LogP contribution in [-0.2, 0) is 9.59 Å². The average molecular weight is 582 g/mol. The molecule has 5 rings (SSSR count). The molecule has 3 fully saturated rings. The summed E-state index contributed by atoms with van der Waals surface area (Å²) in [6.07, 6.45) is 5.26. The lowest BCUT2D eigenvalue weighted by Crippen LogP contribution is -2.60. The summed E-state index contributed by atoms with van der Waals surface area (Å²) in [7, 11) is 3.14. The summed E-state index contributed by atoms with van der Waals surface area (Å²) in [6.45, 7) is 10.2. The van der Waals surface area contributed by atoms with Gasteiger partial charge in [-0.1, -0.05) is 20.8 Å². The van der Waals surface area contributed by atoms with E-state index in [1.54, 1.807) is 14.2 Å². The molecule has 3 aliphatic rings. The van der Waals surface area contributed by atoms with Crippen LogP contribution in [-0.4, -0.2) is 73.5 Å². The lowest BCUT2D eigenvalue weighted by atomic mass is 9.77. The normalized spacial score (nSPS) is 27.5. The third-order valence-electron chi connectivity index (χ3n) is 9.77. The highest BCUT2D eigenvalue weighted by atomic mass is 16.5. The van der Waals surface area contributed by atoms with Gasteiger partial charge < -0.3 is 29.0 Å². The summed E-state index contributed by atoms with van der Waals surface area (Å²) in [5, 5.41) is 4.08. The van der Waals surface area contributed by atoms with Crippen molar-refractivity contribution in [3.63, 3.8) is 0 Å². The minimum atomic E-state index is -0.128. The van der Waals surface area contributed by atoms with Crippen LogP contribution >= 0.6 is 0 Å². The second-order valence-electron chi connectivity index (χ2n) is 13.1. The van der Waals surface area contributed by atoms with Gasteiger partial charge in [0.25, 0.3) is 5.91 Å². The number of likely N-dealkylation sites (tertiary alicyclic amines) is 1. The van der Waals surface area contributed by atoms with Crippen LogP contribution in [0.5, 0.6) is 11.5 Å². The van der Waals surface area contributed by atoms with Gasteiger partial charge in [-0.05, 0) is 74.8 Å². The molecule has 3 aliphatic heterocycles. The number of hydrogen-bond acceptors (Lipinski definition) is 6. The second-order valence-corrected chi connectivity index (χ2v) is 13.1. The van der Waals surface area contributed by atoms with Gasteiger partial charge in [0, 0.05) is 55.5 Å².